The van der Waals surface area contributed by atoms with Gasteiger partial charge in [-0.1, -0.05) is 29.8 Å². The van der Waals surface area contributed by atoms with Crippen molar-refractivity contribution in [1.82, 2.24) is 0 Å². The molecule has 0 aliphatic carbocycles. The molecule has 3 aromatic rings. The number of ketones is 1. The van der Waals surface area contributed by atoms with Crippen molar-refractivity contribution in [2.75, 3.05) is 24.7 Å². The Balaban J connectivity index is 1.89. The lowest BCUT2D eigenvalue weighted by molar-refractivity contribution is -0.132. The van der Waals surface area contributed by atoms with Gasteiger partial charge in [-0.15, -0.1) is 0 Å². The van der Waals surface area contributed by atoms with Crippen LogP contribution in [0, 0.1) is 6.92 Å². The Kier molecular flexibility index (Phi) is 8.34. The molecule has 4 rings (SSSR count). The Bertz CT molecular complexity index is 1430. The molecule has 1 heterocycles. The largest absolute Gasteiger partial charge is 0.507 e. The smallest absolute Gasteiger partial charge is 0.338 e. The summed E-state index contributed by atoms with van der Waals surface area (Å²) in [6, 6.07) is 17.7. The van der Waals surface area contributed by atoms with Crippen LogP contribution in [0.25, 0.3) is 5.76 Å². The Morgan fingerprint density at radius 2 is 1.62 bits per heavy atom. The summed E-state index contributed by atoms with van der Waals surface area (Å²) in [5, 5.41) is 11.6. The van der Waals surface area contributed by atoms with E-state index >= 15 is 0 Å². The minimum Gasteiger partial charge on any atom is -0.507 e. The standard InChI is InChI=1S/C31H31NO7/c1-5-37-23-15-16-24(25(18-23)38-6-2)28(33)26-27(21-10-8-9-19(4)17-21)32(30(35)29(26)34)22-13-11-20(12-14-22)31(36)39-7-3/h8-18,27,33H,5-7H2,1-4H3/b28-26-. The molecule has 0 spiro atoms. The van der Waals surface area contributed by atoms with Gasteiger partial charge in [0, 0.05) is 11.8 Å². The first-order valence-electron chi connectivity index (χ1n) is 12.8. The van der Waals surface area contributed by atoms with E-state index in [0.29, 0.717) is 41.5 Å². The Labute approximate surface area is 227 Å². The van der Waals surface area contributed by atoms with Crippen LogP contribution in [0.3, 0.4) is 0 Å². The predicted molar refractivity (Wildman–Crippen MR) is 147 cm³/mol. The fraction of sp³-hybridized carbons (Fsp3) is 0.258. The molecule has 202 valence electrons. The van der Waals surface area contributed by atoms with Crippen LogP contribution < -0.4 is 14.4 Å². The molecule has 0 radical (unpaired) electrons. The molecule has 0 saturated carbocycles. The molecule has 1 atom stereocenters. The molecule has 1 N–H and O–H groups in total. The topological polar surface area (TPSA) is 102 Å². The minimum absolute atomic E-state index is 0.0646. The zero-order valence-corrected chi connectivity index (χ0v) is 22.4. The van der Waals surface area contributed by atoms with Crippen molar-refractivity contribution in [3.8, 4) is 11.5 Å². The predicted octanol–water partition coefficient (Wildman–Crippen LogP) is 5.60. The highest BCUT2D eigenvalue weighted by atomic mass is 16.5. The zero-order chi connectivity index (χ0) is 28.1. The van der Waals surface area contributed by atoms with Gasteiger partial charge in [0.25, 0.3) is 11.7 Å². The highest BCUT2D eigenvalue weighted by Crippen LogP contribution is 2.44. The first-order valence-corrected chi connectivity index (χ1v) is 12.8. The number of aliphatic hydroxyl groups is 1. The molecular formula is C31H31NO7. The van der Waals surface area contributed by atoms with Crippen molar-refractivity contribution < 1.29 is 33.7 Å². The molecular weight excluding hydrogens is 498 g/mol. The Morgan fingerprint density at radius 3 is 2.26 bits per heavy atom. The third-order valence-electron chi connectivity index (χ3n) is 6.28. The van der Waals surface area contributed by atoms with E-state index in [0.717, 1.165) is 5.56 Å². The minimum atomic E-state index is -0.917. The number of carbonyl (C=O) groups excluding carboxylic acids is 3. The number of carbonyl (C=O) groups is 3. The SMILES string of the molecule is CCOC(=O)c1ccc(N2C(=O)C(=O)/C(=C(\O)c3ccc(OCC)cc3OCC)C2c2cccc(C)c2)cc1. The summed E-state index contributed by atoms with van der Waals surface area (Å²) >= 11 is 0. The molecule has 8 heteroatoms. The van der Waals surface area contributed by atoms with E-state index in [4.69, 9.17) is 14.2 Å². The molecule has 1 amide bonds. The van der Waals surface area contributed by atoms with Crippen molar-refractivity contribution in [2.45, 2.75) is 33.7 Å². The second-order valence-corrected chi connectivity index (χ2v) is 8.87. The van der Waals surface area contributed by atoms with Crippen LogP contribution in [0.5, 0.6) is 11.5 Å². The van der Waals surface area contributed by atoms with Crippen LogP contribution in [-0.4, -0.2) is 42.6 Å². The fourth-order valence-corrected chi connectivity index (χ4v) is 4.60. The number of Topliss-reactive ketones (excluding diaryl/α,β-unsaturated/α-hetero) is 1. The van der Waals surface area contributed by atoms with E-state index in [-0.39, 0.29) is 23.5 Å². The number of hydrogen-bond acceptors (Lipinski definition) is 7. The van der Waals surface area contributed by atoms with Gasteiger partial charge in [-0.2, -0.15) is 0 Å². The summed E-state index contributed by atoms with van der Waals surface area (Å²) in [5.74, 6) is -1.58. The summed E-state index contributed by atoms with van der Waals surface area (Å²) in [6.07, 6.45) is 0. The van der Waals surface area contributed by atoms with Gasteiger partial charge in [0.05, 0.1) is 42.6 Å². The quantitative estimate of drug-likeness (QED) is 0.167. The normalized spacial score (nSPS) is 16.3. The van der Waals surface area contributed by atoms with Crippen molar-refractivity contribution in [2.24, 2.45) is 0 Å². The Hall–Kier alpha value is -4.59. The van der Waals surface area contributed by atoms with E-state index < -0.39 is 23.7 Å². The first kappa shape index (κ1) is 27.4. The second-order valence-electron chi connectivity index (χ2n) is 8.87. The highest BCUT2D eigenvalue weighted by molar-refractivity contribution is 6.51. The number of aliphatic hydroxyl groups excluding tert-OH is 1. The summed E-state index contributed by atoms with van der Waals surface area (Å²) in [6.45, 7) is 8.29. The molecule has 0 aromatic heterocycles. The fourth-order valence-electron chi connectivity index (χ4n) is 4.60. The van der Waals surface area contributed by atoms with Gasteiger partial charge < -0.3 is 19.3 Å². The van der Waals surface area contributed by atoms with Crippen LogP contribution >= 0.6 is 0 Å². The average Bonchev–Trinajstić information content (AvgIpc) is 3.19. The van der Waals surface area contributed by atoms with Crippen molar-refractivity contribution in [3.63, 3.8) is 0 Å². The third kappa shape index (κ3) is 5.50. The van der Waals surface area contributed by atoms with Gasteiger partial charge in [-0.05, 0) is 69.7 Å². The van der Waals surface area contributed by atoms with E-state index in [1.807, 2.05) is 39.0 Å². The maximum Gasteiger partial charge on any atom is 0.338 e. The Morgan fingerprint density at radius 1 is 0.897 bits per heavy atom. The van der Waals surface area contributed by atoms with Crippen molar-refractivity contribution in [3.05, 3.63) is 94.6 Å². The highest BCUT2D eigenvalue weighted by Gasteiger charge is 2.47. The number of aryl methyl sites for hydroxylation is 1. The maximum absolute atomic E-state index is 13.5. The lowest BCUT2D eigenvalue weighted by Gasteiger charge is -2.26. The number of rotatable bonds is 9. The van der Waals surface area contributed by atoms with Gasteiger partial charge >= 0.3 is 5.97 Å². The molecule has 1 saturated heterocycles. The number of anilines is 1. The number of nitrogens with zero attached hydrogens (tertiary/aromatic N) is 1. The molecule has 0 bridgehead atoms. The molecule has 1 fully saturated rings. The zero-order valence-electron chi connectivity index (χ0n) is 22.4. The van der Waals surface area contributed by atoms with E-state index in [1.165, 1.54) is 4.90 Å². The lowest BCUT2D eigenvalue weighted by atomic mass is 9.94. The maximum atomic E-state index is 13.5. The van der Waals surface area contributed by atoms with Gasteiger partial charge in [0.2, 0.25) is 0 Å². The van der Waals surface area contributed by atoms with E-state index in [9.17, 15) is 19.5 Å². The molecule has 8 nitrogen and oxygen atoms in total. The lowest BCUT2D eigenvalue weighted by Crippen LogP contribution is -2.29. The second kappa shape index (κ2) is 11.9. The van der Waals surface area contributed by atoms with Gasteiger partial charge in [-0.25, -0.2) is 4.79 Å². The third-order valence-corrected chi connectivity index (χ3v) is 6.28. The van der Waals surface area contributed by atoms with Crippen molar-refractivity contribution >= 4 is 29.1 Å². The molecule has 39 heavy (non-hydrogen) atoms. The van der Waals surface area contributed by atoms with Gasteiger partial charge in [0.15, 0.2) is 0 Å². The number of amides is 1. The van der Waals surface area contributed by atoms with E-state index in [2.05, 4.69) is 0 Å². The van der Waals surface area contributed by atoms with E-state index in [1.54, 1.807) is 55.5 Å². The van der Waals surface area contributed by atoms with Gasteiger partial charge in [0.1, 0.15) is 17.3 Å². The van der Waals surface area contributed by atoms with Crippen LogP contribution in [0.4, 0.5) is 5.69 Å². The molecule has 1 unspecified atom stereocenters. The monoisotopic (exact) mass is 529 g/mol. The van der Waals surface area contributed by atoms with Crippen LogP contribution in [0.1, 0.15) is 53.9 Å². The summed E-state index contributed by atoms with van der Waals surface area (Å²) in [4.78, 5) is 40.5. The summed E-state index contributed by atoms with van der Waals surface area (Å²) < 4.78 is 16.4. The van der Waals surface area contributed by atoms with Gasteiger partial charge in [-0.3, -0.25) is 14.5 Å². The van der Waals surface area contributed by atoms with Crippen molar-refractivity contribution in [1.29, 1.82) is 0 Å². The number of ether oxygens (including phenoxy) is 3. The van der Waals surface area contributed by atoms with Crippen LogP contribution in [0.15, 0.2) is 72.3 Å². The number of hydrogen-bond donors (Lipinski definition) is 1. The molecule has 1 aliphatic rings. The van der Waals surface area contributed by atoms with Crippen LogP contribution in [-0.2, 0) is 14.3 Å². The molecule has 3 aromatic carbocycles. The average molecular weight is 530 g/mol. The first-order chi connectivity index (χ1) is 18.8. The van der Waals surface area contributed by atoms with Crippen LogP contribution in [0.2, 0.25) is 0 Å². The number of benzene rings is 3. The number of esters is 1. The summed E-state index contributed by atoms with van der Waals surface area (Å²) in [7, 11) is 0. The summed E-state index contributed by atoms with van der Waals surface area (Å²) in [5.41, 5.74) is 2.49. The molecule has 1 aliphatic heterocycles.